The number of fused-ring (bicyclic) bond motifs is 1. The molecule has 0 saturated carbocycles. The fourth-order valence-electron chi connectivity index (χ4n) is 2.79. The molecule has 1 aromatic heterocycles. The number of hydrogen-bond acceptors (Lipinski definition) is 2. The highest BCUT2D eigenvalue weighted by Gasteiger charge is 2.26. The van der Waals surface area contributed by atoms with Crippen LogP contribution in [0.3, 0.4) is 0 Å². The first-order chi connectivity index (χ1) is 9.16. The van der Waals surface area contributed by atoms with Crippen molar-refractivity contribution in [2.45, 2.75) is 25.7 Å². The summed E-state index contributed by atoms with van der Waals surface area (Å²) in [6, 6.07) is 8.89. The van der Waals surface area contributed by atoms with Crippen LogP contribution in [0.1, 0.15) is 23.4 Å². The molecule has 0 bridgehead atoms. The second-order valence-corrected chi connectivity index (χ2v) is 6.57. The van der Waals surface area contributed by atoms with Crippen LogP contribution < -0.4 is 33.4 Å². The van der Waals surface area contributed by atoms with Crippen molar-refractivity contribution in [3.63, 3.8) is 0 Å². The Morgan fingerprint density at radius 1 is 1.05 bits per heavy atom. The molecule has 0 aliphatic heterocycles. The molecule has 0 amide bonds. The average molecular weight is 400 g/mol. The zero-order chi connectivity index (χ0) is 13.4. The number of halogens is 1. The first kappa shape index (κ1) is 15.8. The van der Waals surface area contributed by atoms with E-state index in [0.29, 0.717) is 0 Å². The second kappa shape index (κ2) is 6.43. The average Bonchev–Trinajstić information content (AvgIpc) is 2.77. The van der Waals surface area contributed by atoms with E-state index in [0.717, 1.165) is 0 Å². The molecule has 4 heteroatoms. The minimum absolute atomic E-state index is 0. The Hall–Kier alpha value is -0.620. The number of thiazole rings is 1. The Morgan fingerprint density at radius 2 is 1.70 bits per heavy atom. The van der Waals surface area contributed by atoms with E-state index < -0.39 is 0 Å². The molecule has 0 N–H and O–H groups in total. The molecule has 0 saturated heterocycles. The molecule has 0 atom stereocenters. The molecule has 3 rings (SSSR count). The van der Waals surface area contributed by atoms with E-state index in [4.69, 9.17) is 0 Å². The summed E-state index contributed by atoms with van der Waals surface area (Å²) in [6.45, 7) is 0. The third-order valence-electron chi connectivity index (χ3n) is 3.95. The number of aryl methyl sites for hydroxylation is 1. The van der Waals surface area contributed by atoms with Crippen LogP contribution in [-0.4, -0.2) is 14.1 Å². The lowest BCUT2D eigenvalue weighted by Gasteiger charge is -2.11. The number of nitrogens with zero attached hydrogens (tertiary/aromatic N) is 2. The smallest absolute Gasteiger partial charge is 0.269 e. The van der Waals surface area contributed by atoms with Crippen molar-refractivity contribution in [2.24, 2.45) is 7.05 Å². The van der Waals surface area contributed by atoms with E-state index in [2.05, 4.69) is 54.9 Å². The van der Waals surface area contributed by atoms with Gasteiger partial charge in [0.05, 0.1) is 10.4 Å². The fourth-order valence-corrected chi connectivity index (χ4v) is 4.13. The van der Waals surface area contributed by atoms with E-state index in [-0.39, 0.29) is 24.0 Å². The molecular formula is C16H21IN2S. The molecule has 0 radical (unpaired) electrons. The molecule has 108 valence electrons. The highest BCUT2D eigenvalue weighted by Crippen LogP contribution is 2.31. The lowest BCUT2D eigenvalue weighted by Crippen LogP contribution is -3.00. The largest absolute Gasteiger partial charge is 1.00 e. The van der Waals surface area contributed by atoms with Crippen molar-refractivity contribution in [3.05, 3.63) is 34.8 Å². The molecule has 1 aliphatic rings. The van der Waals surface area contributed by atoms with Crippen LogP contribution in [0.4, 0.5) is 5.69 Å². The number of rotatable bonds is 2. The predicted octanol–water partition coefficient (Wildman–Crippen LogP) is 0.188. The van der Waals surface area contributed by atoms with Crippen LogP contribution in [0.2, 0.25) is 0 Å². The van der Waals surface area contributed by atoms with Gasteiger partial charge in [-0.25, -0.2) is 0 Å². The summed E-state index contributed by atoms with van der Waals surface area (Å²) in [5, 5.41) is 1.40. The van der Waals surface area contributed by atoms with Gasteiger partial charge >= 0.3 is 0 Å². The predicted molar refractivity (Wildman–Crippen MR) is 81.9 cm³/mol. The van der Waals surface area contributed by atoms with Gasteiger partial charge < -0.3 is 28.9 Å². The van der Waals surface area contributed by atoms with Crippen molar-refractivity contribution < 1.29 is 28.5 Å². The lowest BCUT2D eigenvalue weighted by atomic mass is 10.0. The van der Waals surface area contributed by atoms with Crippen LogP contribution in [0.15, 0.2) is 24.3 Å². The summed E-state index contributed by atoms with van der Waals surface area (Å²) in [5.41, 5.74) is 4.16. The first-order valence-corrected chi connectivity index (χ1v) is 7.77. The topological polar surface area (TPSA) is 7.12 Å². The summed E-state index contributed by atoms with van der Waals surface area (Å²) in [7, 11) is 6.38. The Bertz CT molecular complexity index is 587. The van der Waals surface area contributed by atoms with E-state index in [1.807, 2.05) is 11.3 Å². The summed E-state index contributed by atoms with van der Waals surface area (Å²) in [4.78, 5) is 3.74. The number of hydrogen-bond donors (Lipinski definition) is 0. The van der Waals surface area contributed by atoms with Crippen LogP contribution in [0.5, 0.6) is 0 Å². The van der Waals surface area contributed by atoms with Gasteiger partial charge in [-0.15, -0.1) is 0 Å². The van der Waals surface area contributed by atoms with Gasteiger partial charge in [-0.2, -0.15) is 4.57 Å². The van der Waals surface area contributed by atoms with Crippen molar-refractivity contribution in [3.8, 4) is 10.6 Å². The molecule has 1 heterocycles. The van der Waals surface area contributed by atoms with Crippen LogP contribution in [0, 0.1) is 0 Å². The Balaban J connectivity index is 0.00000147. The lowest BCUT2D eigenvalue weighted by molar-refractivity contribution is -0.664. The number of aromatic nitrogens is 1. The van der Waals surface area contributed by atoms with Crippen molar-refractivity contribution in [2.75, 3.05) is 19.0 Å². The monoisotopic (exact) mass is 400 g/mol. The van der Waals surface area contributed by atoms with Crippen LogP contribution in [0.25, 0.3) is 10.6 Å². The Kier molecular flexibility index (Phi) is 5.07. The SMILES string of the molecule is CN(C)c1ccc(-c2sc3c([n+]2C)CCCC3)cc1.[I-]. The standard InChI is InChI=1S/C16H21N2S.HI/c1-17(2)13-10-8-12(9-11-13)16-18(3)14-6-4-5-7-15(14)19-16;/h8-11H,4-7H2,1-3H3;1H/q+1;/p-1. The van der Waals surface area contributed by atoms with Crippen LogP contribution >= 0.6 is 11.3 Å². The zero-order valence-electron chi connectivity index (χ0n) is 12.3. The molecule has 0 fully saturated rings. The van der Waals surface area contributed by atoms with Gasteiger partial charge in [-0.05, 0) is 43.5 Å². The van der Waals surface area contributed by atoms with E-state index >= 15 is 0 Å². The molecule has 2 aromatic rings. The Morgan fingerprint density at radius 3 is 2.30 bits per heavy atom. The maximum absolute atomic E-state index is 2.41. The molecule has 0 unspecified atom stereocenters. The van der Waals surface area contributed by atoms with E-state index in [1.165, 1.54) is 41.9 Å². The second-order valence-electron chi connectivity index (χ2n) is 5.48. The van der Waals surface area contributed by atoms with Gasteiger partial charge in [-0.3, -0.25) is 0 Å². The molecule has 1 aromatic carbocycles. The van der Waals surface area contributed by atoms with Gasteiger partial charge in [0.25, 0.3) is 5.01 Å². The minimum Gasteiger partial charge on any atom is -1.00 e. The maximum Gasteiger partial charge on any atom is 0.269 e. The van der Waals surface area contributed by atoms with Crippen LogP contribution in [-0.2, 0) is 19.9 Å². The number of anilines is 1. The summed E-state index contributed by atoms with van der Waals surface area (Å²) < 4.78 is 2.41. The maximum atomic E-state index is 2.41. The van der Waals surface area contributed by atoms with Crippen molar-refractivity contribution in [1.82, 2.24) is 0 Å². The van der Waals surface area contributed by atoms with Gasteiger partial charge in [0.2, 0.25) is 0 Å². The minimum atomic E-state index is 0. The third-order valence-corrected chi connectivity index (χ3v) is 5.34. The third kappa shape index (κ3) is 2.86. The van der Waals surface area contributed by atoms with Gasteiger partial charge in [0, 0.05) is 26.2 Å². The van der Waals surface area contributed by atoms with Crippen molar-refractivity contribution >= 4 is 17.0 Å². The number of benzene rings is 1. The van der Waals surface area contributed by atoms with Gasteiger partial charge in [-0.1, -0.05) is 11.3 Å². The normalized spacial score (nSPS) is 13.6. The highest BCUT2D eigenvalue weighted by molar-refractivity contribution is 7.14. The van der Waals surface area contributed by atoms with Gasteiger partial charge in [0.15, 0.2) is 5.69 Å². The molecule has 1 aliphatic carbocycles. The summed E-state index contributed by atoms with van der Waals surface area (Å²) in [5.74, 6) is 0. The Labute approximate surface area is 142 Å². The first-order valence-electron chi connectivity index (χ1n) is 6.95. The van der Waals surface area contributed by atoms with E-state index in [1.54, 1.807) is 10.6 Å². The van der Waals surface area contributed by atoms with E-state index in [9.17, 15) is 0 Å². The van der Waals surface area contributed by atoms with Crippen molar-refractivity contribution in [1.29, 1.82) is 0 Å². The van der Waals surface area contributed by atoms with Gasteiger partial charge in [0.1, 0.15) is 7.05 Å². The molecular weight excluding hydrogens is 379 g/mol. The quantitative estimate of drug-likeness (QED) is 0.516. The summed E-state index contributed by atoms with van der Waals surface area (Å²) >= 11 is 1.98. The fraction of sp³-hybridized carbons (Fsp3) is 0.438. The highest BCUT2D eigenvalue weighted by atomic mass is 127. The molecule has 0 spiro atoms. The molecule has 2 nitrogen and oxygen atoms in total. The summed E-state index contributed by atoms with van der Waals surface area (Å²) in [6.07, 6.45) is 5.21. The molecule has 20 heavy (non-hydrogen) atoms. The zero-order valence-corrected chi connectivity index (χ0v) is 15.3.